The number of hydrogen-bond donors (Lipinski definition) is 0. The second-order valence-corrected chi connectivity index (χ2v) is 16.2. The Morgan fingerprint density at radius 1 is 0.317 bits per heavy atom. The molecule has 0 spiro atoms. The lowest BCUT2D eigenvalue weighted by atomic mass is 10.0. The molecule has 0 unspecified atom stereocenters. The summed E-state index contributed by atoms with van der Waals surface area (Å²) in [5, 5.41) is 6.98. The first-order valence-electron chi connectivity index (χ1n) is 21.3. The van der Waals surface area contributed by atoms with Crippen LogP contribution in [0.2, 0.25) is 0 Å². The zero-order valence-electron chi connectivity index (χ0n) is 34.0. The Bertz CT molecular complexity index is 3840. The number of aromatic nitrogens is 4. The van der Waals surface area contributed by atoms with Crippen molar-refractivity contribution in [1.29, 1.82) is 0 Å². The van der Waals surface area contributed by atoms with Crippen molar-refractivity contribution in [3.63, 3.8) is 0 Å². The van der Waals surface area contributed by atoms with Crippen LogP contribution in [0.1, 0.15) is 0 Å². The van der Waals surface area contributed by atoms with Gasteiger partial charge in [-0.2, -0.15) is 0 Å². The highest BCUT2D eigenvalue weighted by Gasteiger charge is 2.19. The Labute approximate surface area is 362 Å². The Morgan fingerprint density at radius 2 is 0.905 bits per heavy atom. The Morgan fingerprint density at radius 3 is 1.70 bits per heavy atom. The van der Waals surface area contributed by atoms with Crippen molar-refractivity contribution >= 4 is 65.6 Å². The zero-order chi connectivity index (χ0) is 41.4. The van der Waals surface area contributed by atoms with Crippen molar-refractivity contribution in [2.75, 3.05) is 0 Å². The summed E-state index contributed by atoms with van der Waals surface area (Å²) >= 11 is 0. The van der Waals surface area contributed by atoms with Gasteiger partial charge in [-0.1, -0.05) is 146 Å². The second kappa shape index (κ2) is 14.0. The average molecular weight is 805 g/mol. The Kier molecular flexibility index (Phi) is 7.84. The number of para-hydroxylation sites is 3. The maximum absolute atomic E-state index is 6.05. The maximum Gasteiger partial charge on any atom is 0.153 e. The number of pyridine rings is 2. The van der Waals surface area contributed by atoms with E-state index in [2.05, 4.69) is 203 Å². The van der Waals surface area contributed by atoms with Crippen LogP contribution in [-0.4, -0.2) is 19.1 Å². The summed E-state index contributed by atoms with van der Waals surface area (Å²) in [5.74, 6) is 0.884. The predicted octanol–water partition coefficient (Wildman–Crippen LogP) is 15.2. The third-order valence-electron chi connectivity index (χ3n) is 12.6. The monoisotopic (exact) mass is 804 g/mol. The van der Waals surface area contributed by atoms with E-state index >= 15 is 0 Å². The smallest absolute Gasteiger partial charge is 0.153 e. The van der Waals surface area contributed by atoms with Gasteiger partial charge in [0.1, 0.15) is 11.4 Å². The summed E-state index contributed by atoms with van der Waals surface area (Å²) in [6, 6.07) is 75.7. The molecular formula is C58H36N4O. The van der Waals surface area contributed by atoms with E-state index < -0.39 is 0 Å². The molecule has 0 aliphatic carbocycles. The van der Waals surface area contributed by atoms with Gasteiger partial charge in [-0.15, -0.1) is 0 Å². The fraction of sp³-hybridized carbons (Fsp3) is 0. The molecule has 0 radical (unpaired) electrons. The van der Waals surface area contributed by atoms with Gasteiger partial charge < -0.3 is 8.98 Å². The highest BCUT2D eigenvalue weighted by Crippen LogP contribution is 2.40. The Balaban J connectivity index is 0.936. The van der Waals surface area contributed by atoms with E-state index in [4.69, 9.17) is 14.4 Å². The molecule has 0 saturated heterocycles. The van der Waals surface area contributed by atoms with E-state index in [-0.39, 0.29) is 0 Å². The van der Waals surface area contributed by atoms with Crippen molar-refractivity contribution in [2.45, 2.75) is 0 Å². The van der Waals surface area contributed by atoms with Crippen LogP contribution in [0.4, 0.5) is 0 Å². The van der Waals surface area contributed by atoms with Gasteiger partial charge in [0, 0.05) is 49.1 Å². The summed E-state index contributed by atoms with van der Waals surface area (Å²) in [7, 11) is 0. The molecule has 63 heavy (non-hydrogen) atoms. The summed E-state index contributed by atoms with van der Waals surface area (Å²) in [5.41, 5.74) is 15.9. The molecule has 5 heteroatoms. The zero-order valence-corrected chi connectivity index (χ0v) is 34.0. The van der Waals surface area contributed by atoms with Crippen LogP contribution >= 0.6 is 0 Å². The lowest BCUT2D eigenvalue weighted by molar-refractivity contribution is 0.667. The molecule has 0 fully saturated rings. The highest BCUT2D eigenvalue weighted by atomic mass is 16.3. The SMILES string of the molecule is c1ccc(-c2cc(-c3ccccc3)nc(-n3c4ccccc4c4ccc(-c5ccc6c(c5)c5ccccc5n6-c5ccc(-c6cc7c(cn6)oc6ccccc67)cc5)cc43)c2)cc1. The first kappa shape index (κ1) is 35.2. The molecule has 8 aromatic carbocycles. The molecule has 0 aliphatic heterocycles. The fourth-order valence-electron chi connectivity index (χ4n) is 9.58. The van der Waals surface area contributed by atoms with E-state index in [0.717, 1.165) is 100 Å². The predicted molar refractivity (Wildman–Crippen MR) is 260 cm³/mol. The third-order valence-corrected chi connectivity index (χ3v) is 12.6. The van der Waals surface area contributed by atoms with Crippen LogP contribution in [0.15, 0.2) is 223 Å². The second-order valence-electron chi connectivity index (χ2n) is 16.2. The molecule has 13 rings (SSSR count). The first-order chi connectivity index (χ1) is 31.2. The van der Waals surface area contributed by atoms with Gasteiger partial charge in [0.25, 0.3) is 0 Å². The lowest BCUT2D eigenvalue weighted by Gasteiger charge is -2.13. The third kappa shape index (κ3) is 5.71. The van der Waals surface area contributed by atoms with Crippen molar-refractivity contribution in [3.8, 4) is 56.3 Å². The number of rotatable bonds is 6. The van der Waals surface area contributed by atoms with Gasteiger partial charge >= 0.3 is 0 Å². The Hall–Kier alpha value is -8.54. The molecule has 5 heterocycles. The minimum atomic E-state index is 0.798. The number of hydrogen-bond acceptors (Lipinski definition) is 3. The number of benzene rings is 8. The molecule has 5 nitrogen and oxygen atoms in total. The summed E-state index contributed by atoms with van der Waals surface area (Å²) in [4.78, 5) is 10.2. The van der Waals surface area contributed by atoms with Crippen LogP contribution in [-0.2, 0) is 0 Å². The maximum atomic E-state index is 6.05. The average Bonchev–Trinajstić information content (AvgIpc) is 4.01. The van der Waals surface area contributed by atoms with E-state index in [1.807, 2.05) is 24.4 Å². The lowest BCUT2D eigenvalue weighted by Crippen LogP contribution is -2.00. The summed E-state index contributed by atoms with van der Waals surface area (Å²) < 4.78 is 10.8. The van der Waals surface area contributed by atoms with Crippen molar-refractivity contribution in [3.05, 3.63) is 219 Å². The van der Waals surface area contributed by atoms with Crippen LogP contribution in [0, 0.1) is 0 Å². The minimum absolute atomic E-state index is 0.798. The normalized spacial score (nSPS) is 11.8. The van der Waals surface area contributed by atoms with Gasteiger partial charge in [-0.05, 0) is 89.0 Å². The molecule has 0 saturated carbocycles. The molecule has 0 bridgehead atoms. The molecular weight excluding hydrogens is 769 g/mol. The largest absolute Gasteiger partial charge is 0.454 e. The van der Waals surface area contributed by atoms with Gasteiger partial charge in [0.05, 0.1) is 39.7 Å². The van der Waals surface area contributed by atoms with Gasteiger partial charge in [-0.3, -0.25) is 9.55 Å². The van der Waals surface area contributed by atoms with E-state index in [0.29, 0.717) is 0 Å². The fourth-order valence-corrected chi connectivity index (χ4v) is 9.58. The number of nitrogens with zero attached hydrogens (tertiary/aromatic N) is 4. The van der Waals surface area contributed by atoms with Crippen molar-refractivity contribution in [2.24, 2.45) is 0 Å². The molecule has 0 aliphatic rings. The van der Waals surface area contributed by atoms with Gasteiger partial charge in [-0.25, -0.2) is 4.98 Å². The standard InChI is InChI=1S/C58H36N4O/c1-3-13-37(14-4-1)42-32-51(38-15-5-2-6-16-38)60-58(34-42)62-53-21-11-7-17-44(53)46-29-25-41(33-55(46)62)40-26-30-54-48(31-40)45-18-8-10-20-52(45)61(54)43-27-23-39(24-28-43)50-35-49-47-19-9-12-22-56(47)63-57(49)36-59-50/h1-36H. The molecule has 0 amide bonds. The molecule has 294 valence electrons. The molecule has 5 aromatic heterocycles. The first-order valence-corrected chi connectivity index (χ1v) is 21.3. The molecule has 0 N–H and O–H groups in total. The van der Waals surface area contributed by atoms with E-state index in [1.165, 1.54) is 21.5 Å². The minimum Gasteiger partial charge on any atom is -0.454 e. The summed E-state index contributed by atoms with van der Waals surface area (Å²) in [6.07, 6.45) is 1.84. The number of fused-ring (bicyclic) bond motifs is 9. The molecule has 13 aromatic rings. The topological polar surface area (TPSA) is 48.8 Å². The van der Waals surface area contributed by atoms with Crippen LogP contribution in [0.25, 0.3) is 122 Å². The van der Waals surface area contributed by atoms with Gasteiger partial charge in [0.2, 0.25) is 0 Å². The highest BCUT2D eigenvalue weighted by molar-refractivity contribution is 6.12. The molecule has 0 atom stereocenters. The number of furan rings is 1. The van der Waals surface area contributed by atoms with Crippen LogP contribution in [0.5, 0.6) is 0 Å². The quantitative estimate of drug-likeness (QED) is 0.168. The van der Waals surface area contributed by atoms with E-state index in [9.17, 15) is 0 Å². The van der Waals surface area contributed by atoms with Crippen molar-refractivity contribution < 1.29 is 4.42 Å². The van der Waals surface area contributed by atoms with Crippen LogP contribution < -0.4 is 0 Å². The van der Waals surface area contributed by atoms with E-state index in [1.54, 1.807) is 0 Å². The van der Waals surface area contributed by atoms with Gasteiger partial charge in [0.15, 0.2) is 5.58 Å². The van der Waals surface area contributed by atoms with Crippen LogP contribution in [0.3, 0.4) is 0 Å². The van der Waals surface area contributed by atoms with Crippen molar-refractivity contribution in [1.82, 2.24) is 19.1 Å². The summed E-state index contributed by atoms with van der Waals surface area (Å²) in [6.45, 7) is 0.